The lowest BCUT2D eigenvalue weighted by atomic mass is 10.1. The second-order valence-electron chi connectivity index (χ2n) is 22.0. The van der Waals surface area contributed by atoms with Gasteiger partial charge >= 0.3 is 0 Å². The molecule has 0 fully saturated rings. The molecular formula is C66H60N20O12S6. The molecule has 0 unspecified atom stereocenters. The topological polar surface area (TPSA) is 512 Å². The molecular weight excluding hydrogens is 1460 g/mol. The van der Waals surface area contributed by atoms with Crippen molar-refractivity contribution in [2.45, 2.75) is 33.4 Å². The summed E-state index contributed by atoms with van der Waals surface area (Å²) in [5, 5.41) is 13.1. The third-order valence-electron chi connectivity index (χ3n) is 13.9. The zero-order valence-corrected chi connectivity index (χ0v) is 60.2. The Morgan fingerprint density at radius 2 is 0.683 bits per heavy atom. The predicted molar refractivity (Wildman–Crippen MR) is 394 cm³/mol. The summed E-state index contributed by atoms with van der Waals surface area (Å²) in [4.78, 5) is 101. The summed E-state index contributed by atoms with van der Waals surface area (Å²) < 4.78 is 92.3. The molecule has 0 saturated heterocycles. The first-order valence-corrected chi connectivity index (χ1v) is 39.1. The van der Waals surface area contributed by atoms with Crippen LogP contribution in [0.4, 0.5) is 45.2 Å². The van der Waals surface area contributed by atoms with Crippen LogP contribution < -0.4 is 44.2 Å². The SMILES string of the molecule is CS(=O)(=O)c1ccc(-c2cnc(N)c(C(=O)Nc3ccccn3)n2)cc1.CS(=O)(=O)c1ccc(-c2cnc(N)c(C(=O)Nc3nccs3)n2)cc1.Cc1cccc(NC(=O)c2nc(-c3ccc(S(C)(=O)=O)cc3)cnc2N)n1.Cc1cnc(NC(=O)c2nc(-c3ccc(S(C)(=O)=O)cc3)cnc2N)s1. The minimum atomic E-state index is -3.30. The van der Waals surface area contributed by atoms with E-state index in [0.717, 1.165) is 35.6 Å². The fraction of sp³-hybridized carbons (Fsp3) is 0.0909. The van der Waals surface area contributed by atoms with Crippen molar-refractivity contribution in [2.75, 3.05) is 69.2 Å². The Morgan fingerprint density at radius 1 is 0.346 bits per heavy atom. The molecule has 12 N–H and O–H groups in total. The number of sulfone groups is 4. The van der Waals surface area contributed by atoms with E-state index in [1.807, 2.05) is 19.9 Å². The molecule has 4 aromatic carbocycles. The Labute approximate surface area is 602 Å². The normalized spacial score (nSPS) is 11.2. The number of nitrogens with zero attached hydrogens (tertiary/aromatic N) is 12. The minimum absolute atomic E-state index is 0.00714. The van der Waals surface area contributed by atoms with E-state index >= 15 is 0 Å². The van der Waals surface area contributed by atoms with Crippen molar-refractivity contribution >= 4 is 131 Å². The molecule has 532 valence electrons. The number of hydrogen-bond donors (Lipinski definition) is 8. The van der Waals surface area contributed by atoms with Crippen LogP contribution in [0.25, 0.3) is 45.0 Å². The predicted octanol–water partition coefficient (Wildman–Crippen LogP) is 7.85. The van der Waals surface area contributed by atoms with Crippen molar-refractivity contribution in [3.05, 3.63) is 216 Å². The molecule has 0 aliphatic carbocycles. The maximum atomic E-state index is 12.5. The van der Waals surface area contributed by atoms with Crippen molar-refractivity contribution in [3.63, 3.8) is 0 Å². The summed E-state index contributed by atoms with van der Waals surface area (Å²) in [5.74, 6) is -1.42. The highest BCUT2D eigenvalue weighted by Crippen LogP contribution is 2.27. The van der Waals surface area contributed by atoms with Crippen LogP contribution in [-0.4, -0.2) is 142 Å². The number of amides is 4. The molecule has 0 atom stereocenters. The first-order valence-electron chi connectivity index (χ1n) is 29.8. The molecule has 0 bridgehead atoms. The average molecular weight is 1520 g/mol. The zero-order chi connectivity index (χ0) is 75.3. The fourth-order valence-electron chi connectivity index (χ4n) is 8.72. The standard InChI is InChI=1S/C18H17N5O3S.C17H15N5O3S.C16H15N5O3S2.C15H13N5O3S2/c1-11-4-3-5-15(21-11)23-18(24)16-17(19)20-10-14(22-16)12-6-8-13(9-7-12)27(2,25)26;1-26(24,25)12-7-5-11(6-8-12)13-10-20-16(18)15(21-13)17(23)22-14-4-2-3-9-19-14;1-9-7-19-16(25-9)21-15(22)13-14(17)18-8-12(20-13)10-3-5-11(6-4-10)26(2,23)24;1-25(22,23)10-4-2-9(3-5-10)11-8-18-13(16)12(19-11)14(21)20-15-17-6-7-24-15/h3-10H,1-2H3,(H2,19,20)(H,21,23,24);2-10H,1H3,(H2,18,20)(H,19,22,23);3-8H,1-2H3,(H2,17,18)(H,19,21,22);2-8H,1H3,(H2,16,18)(H,17,20,21). The smallest absolute Gasteiger partial charge is 0.279 e. The number of rotatable bonds is 16. The van der Waals surface area contributed by atoms with E-state index in [9.17, 15) is 52.8 Å². The number of nitrogens with two attached hydrogens (primary N) is 4. The number of pyridine rings is 2. The number of aromatic nitrogens is 12. The van der Waals surface area contributed by atoms with E-state index in [4.69, 9.17) is 22.9 Å². The van der Waals surface area contributed by atoms with Gasteiger partial charge in [0.1, 0.15) is 11.6 Å². The van der Waals surface area contributed by atoms with Gasteiger partial charge in [-0.05, 0) is 86.6 Å². The molecule has 104 heavy (non-hydrogen) atoms. The minimum Gasteiger partial charge on any atom is -0.382 e. The van der Waals surface area contributed by atoms with Gasteiger partial charge in [0.25, 0.3) is 23.6 Å². The van der Waals surface area contributed by atoms with Gasteiger partial charge in [-0.25, -0.2) is 93.5 Å². The van der Waals surface area contributed by atoms with Gasteiger partial charge in [-0.1, -0.05) is 60.7 Å². The van der Waals surface area contributed by atoms with Crippen LogP contribution in [0, 0.1) is 13.8 Å². The molecule has 12 rings (SSSR count). The summed E-state index contributed by atoms with van der Waals surface area (Å²) in [6.07, 6.45) is 15.0. The van der Waals surface area contributed by atoms with Crippen molar-refractivity contribution in [1.82, 2.24) is 59.8 Å². The van der Waals surface area contributed by atoms with Crippen LogP contribution >= 0.6 is 22.7 Å². The summed E-state index contributed by atoms with van der Waals surface area (Å²) in [6.45, 7) is 3.69. The molecule has 8 aromatic heterocycles. The van der Waals surface area contributed by atoms with Gasteiger partial charge in [0.15, 0.2) is 95.7 Å². The summed E-state index contributed by atoms with van der Waals surface area (Å²) in [5.41, 5.74) is 27.8. The fourth-order valence-corrected chi connectivity index (χ4v) is 12.4. The molecule has 0 saturated carbocycles. The van der Waals surface area contributed by atoms with Crippen molar-refractivity contribution in [2.24, 2.45) is 0 Å². The van der Waals surface area contributed by atoms with Crippen LogP contribution in [0.15, 0.2) is 202 Å². The number of hydrogen-bond acceptors (Lipinski definition) is 30. The maximum absolute atomic E-state index is 12.5. The monoisotopic (exact) mass is 1520 g/mol. The first kappa shape index (κ1) is 75.8. The van der Waals surface area contributed by atoms with E-state index in [-0.39, 0.29) is 65.6 Å². The van der Waals surface area contributed by atoms with Crippen LogP contribution in [0.3, 0.4) is 0 Å². The van der Waals surface area contributed by atoms with Gasteiger partial charge in [-0.15, -0.1) is 22.7 Å². The summed E-state index contributed by atoms with van der Waals surface area (Å²) >= 11 is 2.60. The molecule has 0 aliphatic rings. The maximum Gasteiger partial charge on any atom is 0.279 e. The second kappa shape index (κ2) is 32.5. The van der Waals surface area contributed by atoms with Gasteiger partial charge in [-0.3, -0.25) is 29.8 Å². The van der Waals surface area contributed by atoms with E-state index in [1.54, 1.807) is 103 Å². The Hall–Kier alpha value is -12.4. The summed E-state index contributed by atoms with van der Waals surface area (Å²) in [7, 11) is -13.2. The molecule has 12 aromatic rings. The quantitative estimate of drug-likeness (QED) is 0.0456. The zero-order valence-electron chi connectivity index (χ0n) is 55.3. The first-order chi connectivity index (χ1) is 49.2. The van der Waals surface area contributed by atoms with Gasteiger partial charge in [0, 0.05) is 81.8 Å². The summed E-state index contributed by atoms with van der Waals surface area (Å²) in [6, 6.07) is 34.9. The Bertz CT molecular complexity index is 5650. The highest BCUT2D eigenvalue weighted by molar-refractivity contribution is 7.91. The average Bonchev–Trinajstić information content (AvgIpc) is 0.990. The highest BCUT2D eigenvalue weighted by Gasteiger charge is 2.22. The van der Waals surface area contributed by atoms with Gasteiger partial charge in [0.2, 0.25) is 0 Å². The van der Waals surface area contributed by atoms with E-state index in [1.165, 1.54) is 96.0 Å². The number of carbonyl (C=O) groups excluding carboxylic acids is 4. The lowest BCUT2D eigenvalue weighted by molar-refractivity contribution is 0.101. The van der Waals surface area contributed by atoms with Crippen LogP contribution in [0.5, 0.6) is 0 Å². The number of benzene rings is 4. The molecule has 0 radical (unpaired) electrons. The Balaban J connectivity index is 0.000000161. The third-order valence-corrected chi connectivity index (χ3v) is 19.9. The Kier molecular flexibility index (Phi) is 23.7. The molecule has 38 heteroatoms. The Morgan fingerprint density at radius 3 is 0.981 bits per heavy atom. The molecule has 32 nitrogen and oxygen atoms in total. The number of thiazole rings is 2. The largest absolute Gasteiger partial charge is 0.382 e. The van der Waals surface area contributed by atoms with Crippen molar-refractivity contribution < 1.29 is 52.8 Å². The van der Waals surface area contributed by atoms with Crippen molar-refractivity contribution in [3.8, 4) is 45.0 Å². The van der Waals surface area contributed by atoms with E-state index < -0.39 is 63.0 Å². The van der Waals surface area contributed by atoms with E-state index in [2.05, 4.69) is 81.1 Å². The lowest BCUT2D eigenvalue weighted by Crippen LogP contribution is -2.18. The molecule has 0 aliphatic heterocycles. The van der Waals surface area contributed by atoms with Crippen LogP contribution in [0.1, 0.15) is 52.5 Å². The molecule has 0 spiro atoms. The number of nitrogens with one attached hydrogen (secondary N) is 4. The highest BCUT2D eigenvalue weighted by atomic mass is 32.2. The molecule has 4 amide bonds. The third kappa shape index (κ3) is 20.4. The lowest BCUT2D eigenvalue weighted by Gasteiger charge is -2.08. The molecule has 8 heterocycles. The van der Waals surface area contributed by atoms with Gasteiger partial charge in [-0.2, -0.15) is 0 Å². The van der Waals surface area contributed by atoms with Crippen LogP contribution in [-0.2, 0) is 39.3 Å². The van der Waals surface area contributed by atoms with E-state index in [0.29, 0.717) is 66.9 Å². The van der Waals surface area contributed by atoms with Crippen molar-refractivity contribution in [1.29, 1.82) is 0 Å². The van der Waals surface area contributed by atoms with Gasteiger partial charge in [0.05, 0.1) is 67.1 Å². The van der Waals surface area contributed by atoms with Crippen LogP contribution in [0.2, 0.25) is 0 Å². The number of anilines is 8. The van der Waals surface area contributed by atoms with Gasteiger partial charge < -0.3 is 33.6 Å². The number of aryl methyl sites for hydroxylation is 2. The second-order valence-corrected chi connectivity index (χ2v) is 32.1. The number of nitrogen functional groups attached to an aromatic ring is 4. The number of carbonyl (C=O) groups is 4.